The third-order valence-corrected chi connectivity index (χ3v) is 4.01. The van der Waals surface area contributed by atoms with E-state index in [-0.39, 0.29) is 5.75 Å². The highest BCUT2D eigenvalue weighted by atomic mass is 32.2. The Morgan fingerprint density at radius 1 is 1.20 bits per heavy atom. The molecule has 0 saturated carbocycles. The van der Waals surface area contributed by atoms with Crippen molar-refractivity contribution in [2.45, 2.75) is 12.7 Å². The van der Waals surface area contributed by atoms with Gasteiger partial charge in [0.1, 0.15) is 5.82 Å². The van der Waals surface area contributed by atoms with Gasteiger partial charge in [-0.05, 0) is 48.4 Å². The number of nitrogens with one attached hydrogen (secondary N) is 1. The molecule has 0 spiro atoms. The lowest BCUT2D eigenvalue weighted by Gasteiger charge is -2.11. The number of nitrogens with two attached hydrogens (primary N) is 1. The fourth-order valence-corrected chi connectivity index (χ4v) is 3.10. The molecule has 0 atom stereocenters. The van der Waals surface area contributed by atoms with Crippen molar-refractivity contribution in [2.75, 3.05) is 10.5 Å². The number of rotatable bonds is 4. The first-order valence-corrected chi connectivity index (χ1v) is 7.62. The van der Waals surface area contributed by atoms with Gasteiger partial charge in [0, 0.05) is 5.69 Å². The van der Waals surface area contributed by atoms with Crippen molar-refractivity contribution in [1.82, 2.24) is 0 Å². The average molecular weight is 294 g/mol. The van der Waals surface area contributed by atoms with Crippen molar-refractivity contribution in [2.24, 2.45) is 0 Å². The Balaban J connectivity index is 2.19. The summed E-state index contributed by atoms with van der Waals surface area (Å²) in [5.41, 5.74) is 7.62. The zero-order chi connectivity index (χ0) is 14.8. The third-order valence-electron chi connectivity index (χ3n) is 2.76. The molecule has 2 aromatic carbocycles. The van der Waals surface area contributed by atoms with Crippen LogP contribution in [0.2, 0.25) is 0 Å². The standard InChI is InChI=1S/C14H15FN2O2S/c1-10-7-12(15)5-6-14(10)17-20(18,19)9-11-3-2-4-13(16)8-11/h2-8,17H,9,16H2,1H3. The van der Waals surface area contributed by atoms with Gasteiger partial charge in [-0.2, -0.15) is 0 Å². The lowest BCUT2D eigenvalue weighted by atomic mass is 10.2. The van der Waals surface area contributed by atoms with E-state index in [4.69, 9.17) is 5.73 Å². The monoisotopic (exact) mass is 294 g/mol. The van der Waals surface area contributed by atoms with Gasteiger partial charge in [-0.3, -0.25) is 4.72 Å². The Labute approximate surface area is 117 Å². The minimum absolute atomic E-state index is 0.186. The summed E-state index contributed by atoms with van der Waals surface area (Å²) in [4.78, 5) is 0. The van der Waals surface area contributed by atoms with Gasteiger partial charge < -0.3 is 5.73 Å². The minimum atomic E-state index is -3.57. The Kier molecular flexibility index (Phi) is 3.94. The number of halogens is 1. The van der Waals surface area contributed by atoms with Crippen molar-refractivity contribution in [1.29, 1.82) is 0 Å². The summed E-state index contributed by atoms with van der Waals surface area (Å²) in [7, 11) is -3.57. The maximum Gasteiger partial charge on any atom is 0.236 e. The van der Waals surface area contributed by atoms with Crippen LogP contribution in [0.3, 0.4) is 0 Å². The van der Waals surface area contributed by atoms with Gasteiger partial charge in [0.25, 0.3) is 0 Å². The van der Waals surface area contributed by atoms with E-state index in [0.29, 0.717) is 22.5 Å². The molecule has 0 radical (unpaired) electrons. The molecule has 0 heterocycles. The second-order valence-corrected chi connectivity index (χ2v) is 6.29. The molecule has 0 aliphatic rings. The van der Waals surface area contributed by atoms with Crippen LogP contribution in [0.25, 0.3) is 0 Å². The number of aryl methyl sites for hydroxylation is 1. The van der Waals surface area contributed by atoms with Gasteiger partial charge in [0.15, 0.2) is 0 Å². The summed E-state index contributed by atoms with van der Waals surface area (Å²) < 4.78 is 39.6. The smallest absolute Gasteiger partial charge is 0.236 e. The molecule has 0 bridgehead atoms. The first kappa shape index (κ1) is 14.3. The highest BCUT2D eigenvalue weighted by Gasteiger charge is 2.13. The number of anilines is 2. The summed E-state index contributed by atoms with van der Waals surface area (Å²) in [6.45, 7) is 1.64. The van der Waals surface area contributed by atoms with Crippen molar-refractivity contribution < 1.29 is 12.8 Å². The number of sulfonamides is 1. The van der Waals surface area contributed by atoms with Gasteiger partial charge in [0.05, 0.1) is 11.4 Å². The van der Waals surface area contributed by atoms with Crippen LogP contribution in [0.15, 0.2) is 42.5 Å². The Morgan fingerprint density at radius 2 is 1.95 bits per heavy atom. The second kappa shape index (κ2) is 5.50. The SMILES string of the molecule is Cc1cc(F)ccc1NS(=O)(=O)Cc1cccc(N)c1. The summed E-state index contributed by atoms with van der Waals surface area (Å²) in [5.74, 6) is -0.587. The molecule has 3 N–H and O–H groups in total. The van der Waals surface area contributed by atoms with Crippen LogP contribution >= 0.6 is 0 Å². The Hall–Kier alpha value is -2.08. The highest BCUT2D eigenvalue weighted by Crippen LogP contribution is 2.19. The maximum absolute atomic E-state index is 13.0. The van der Waals surface area contributed by atoms with E-state index >= 15 is 0 Å². The van der Waals surface area contributed by atoms with E-state index < -0.39 is 15.8 Å². The van der Waals surface area contributed by atoms with E-state index in [2.05, 4.69) is 4.72 Å². The molecule has 0 unspecified atom stereocenters. The van der Waals surface area contributed by atoms with Crippen LogP contribution in [0.4, 0.5) is 15.8 Å². The molecule has 0 aliphatic heterocycles. The van der Waals surface area contributed by atoms with Gasteiger partial charge >= 0.3 is 0 Å². The predicted octanol–water partition coefficient (Wildman–Crippen LogP) is 2.66. The van der Waals surface area contributed by atoms with E-state index in [0.717, 1.165) is 0 Å². The number of hydrogen-bond acceptors (Lipinski definition) is 3. The first-order chi connectivity index (χ1) is 9.35. The lowest BCUT2D eigenvalue weighted by molar-refractivity contribution is 0.600. The normalized spacial score (nSPS) is 11.3. The minimum Gasteiger partial charge on any atom is -0.399 e. The molecule has 0 aromatic heterocycles. The fraction of sp³-hybridized carbons (Fsp3) is 0.143. The van der Waals surface area contributed by atoms with Crippen LogP contribution in [-0.4, -0.2) is 8.42 Å². The molecule has 4 nitrogen and oxygen atoms in total. The van der Waals surface area contributed by atoms with Crippen molar-refractivity contribution in [3.63, 3.8) is 0 Å². The fourth-order valence-electron chi connectivity index (χ4n) is 1.85. The first-order valence-electron chi connectivity index (χ1n) is 5.97. The molecule has 20 heavy (non-hydrogen) atoms. The van der Waals surface area contributed by atoms with Crippen LogP contribution in [-0.2, 0) is 15.8 Å². The largest absolute Gasteiger partial charge is 0.399 e. The van der Waals surface area contributed by atoms with Gasteiger partial charge in [-0.15, -0.1) is 0 Å². The van der Waals surface area contributed by atoms with Crippen molar-refractivity contribution in [3.8, 4) is 0 Å². The number of nitrogen functional groups attached to an aromatic ring is 1. The number of hydrogen-bond donors (Lipinski definition) is 2. The second-order valence-electron chi connectivity index (χ2n) is 4.57. The topological polar surface area (TPSA) is 72.2 Å². The summed E-state index contributed by atoms with van der Waals surface area (Å²) in [6, 6.07) is 10.6. The zero-order valence-electron chi connectivity index (χ0n) is 10.9. The molecular weight excluding hydrogens is 279 g/mol. The maximum atomic E-state index is 13.0. The van der Waals surface area contributed by atoms with Gasteiger partial charge in [0.2, 0.25) is 10.0 Å². The van der Waals surface area contributed by atoms with Crippen LogP contribution < -0.4 is 10.5 Å². The van der Waals surface area contributed by atoms with Crippen molar-refractivity contribution in [3.05, 3.63) is 59.4 Å². The summed E-state index contributed by atoms with van der Waals surface area (Å²) >= 11 is 0. The Morgan fingerprint density at radius 3 is 2.60 bits per heavy atom. The molecule has 0 aliphatic carbocycles. The lowest BCUT2D eigenvalue weighted by Crippen LogP contribution is -2.16. The van der Waals surface area contributed by atoms with Crippen LogP contribution in [0.1, 0.15) is 11.1 Å². The van der Waals surface area contributed by atoms with Crippen LogP contribution in [0, 0.1) is 12.7 Å². The summed E-state index contributed by atoms with van der Waals surface area (Å²) in [6.07, 6.45) is 0. The molecule has 2 rings (SSSR count). The quantitative estimate of drug-likeness (QED) is 0.851. The summed E-state index contributed by atoms with van der Waals surface area (Å²) in [5, 5.41) is 0. The molecule has 106 valence electrons. The van der Waals surface area contributed by atoms with Crippen LogP contribution in [0.5, 0.6) is 0 Å². The molecule has 2 aromatic rings. The van der Waals surface area contributed by atoms with Crippen molar-refractivity contribution >= 4 is 21.4 Å². The van der Waals surface area contributed by atoms with Gasteiger partial charge in [-0.1, -0.05) is 12.1 Å². The predicted molar refractivity (Wildman–Crippen MR) is 78.2 cm³/mol. The van der Waals surface area contributed by atoms with Gasteiger partial charge in [-0.25, -0.2) is 12.8 Å². The molecule has 0 amide bonds. The Bertz CT molecular complexity index is 730. The third kappa shape index (κ3) is 3.71. The van der Waals surface area contributed by atoms with E-state index in [1.165, 1.54) is 18.2 Å². The zero-order valence-corrected chi connectivity index (χ0v) is 11.7. The molecule has 6 heteroatoms. The van der Waals surface area contributed by atoms with E-state index in [1.807, 2.05) is 0 Å². The van der Waals surface area contributed by atoms with E-state index in [1.54, 1.807) is 31.2 Å². The highest BCUT2D eigenvalue weighted by molar-refractivity contribution is 7.91. The van der Waals surface area contributed by atoms with E-state index in [9.17, 15) is 12.8 Å². The number of benzene rings is 2. The average Bonchev–Trinajstić information content (AvgIpc) is 2.32. The molecule has 0 fully saturated rings. The molecule has 0 saturated heterocycles. The molecular formula is C14H15FN2O2S.